The van der Waals surface area contributed by atoms with Gasteiger partial charge in [0.1, 0.15) is 5.01 Å². The molecule has 0 spiro atoms. The molecule has 1 amide bonds. The van der Waals surface area contributed by atoms with Gasteiger partial charge < -0.3 is 5.32 Å². The minimum atomic E-state index is -0.0574. The summed E-state index contributed by atoms with van der Waals surface area (Å²) in [4.78, 5) is 22.8. The molecule has 3 aromatic rings. The molecule has 0 fully saturated rings. The van der Waals surface area contributed by atoms with Crippen molar-refractivity contribution in [2.24, 2.45) is 0 Å². The highest BCUT2D eigenvalue weighted by Gasteiger charge is 2.11. The number of hydrogen-bond acceptors (Lipinski definition) is 6. The maximum absolute atomic E-state index is 12.0. The number of hydrogen-bond donors (Lipinski definition) is 1. The second-order valence-corrected chi connectivity index (χ2v) is 7.06. The number of carbonyl (C=O) groups is 1. The molecule has 0 aliphatic rings. The van der Waals surface area contributed by atoms with Crippen molar-refractivity contribution in [3.63, 3.8) is 0 Å². The predicted octanol–water partition coefficient (Wildman–Crippen LogP) is 3.13. The molecular weight excluding hydrogens is 316 g/mol. The Morgan fingerprint density at radius 3 is 2.86 bits per heavy atom. The maximum atomic E-state index is 12.0. The fourth-order valence-electron chi connectivity index (χ4n) is 2.09. The van der Waals surface area contributed by atoms with Crippen LogP contribution >= 0.6 is 22.7 Å². The third kappa shape index (κ3) is 3.68. The Bertz CT molecular complexity index is 763. The monoisotopic (exact) mass is 332 g/mol. The highest BCUT2D eigenvalue weighted by Crippen LogP contribution is 2.22. The van der Waals surface area contributed by atoms with E-state index < -0.39 is 0 Å². The molecule has 0 unspecified atom stereocenters. The van der Waals surface area contributed by atoms with E-state index in [1.165, 1.54) is 16.0 Å². The van der Waals surface area contributed by atoms with Crippen LogP contribution in [0.3, 0.4) is 0 Å². The number of likely N-dealkylation sites (N-methyl/N-ethyl adjacent to an activating group) is 1. The smallest absolute Gasteiger partial charge is 0.240 e. The lowest BCUT2D eigenvalue weighted by Gasteiger charge is -2.13. The van der Waals surface area contributed by atoms with Crippen molar-refractivity contribution >= 4 is 43.9 Å². The van der Waals surface area contributed by atoms with Crippen molar-refractivity contribution in [1.29, 1.82) is 0 Å². The van der Waals surface area contributed by atoms with Gasteiger partial charge in [-0.15, -0.1) is 22.7 Å². The van der Waals surface area contributed by atoms with Crippen LogP contribution in [-0.4, -0.2) is 34.4 Å². The number of thiazole rings is 2. The molecule has 0 aliphatic carbocycles. The summed E-state index contributed by atoms with van der Waals surface area (Å²) in [5.74, 6) is -0.0574. The van der Waals surface area contributed by atoms with Crippen molar-refractivity contribution in [2.45, 2.75) is 13.5 Å². The molecule has 0 radical (unpaired) electrons. The molecule has 2 aromatic heterocycles. The molecule has 0 saturated carbocycles. The molecule has 1 aromatic carbocycles. The van der Waals surface area contributed by atoms with Crippen LogP contribution in [0.4, 0.5) is 5.13 Å². The second kappa shape index (κ2) is 6.51. The van der Waals surface area contributed by atoms with Crippen LogP contribution in [0.2, 0.25) is 0 Å². The van der Waals surface area contributed by atoms with Crippen molar-refractivity contribution in [3.8, 4) is 0 Å². The minimum absolute atomic E-state index is 0.0574. The van der Waals surface area contributed by atoms with Crippen LogP contribution in [0.25, 0.3) is 10.2 Å². The molecule has 0 aliphatic heterocycles. The number of amides is 1. The normalized spacial score (nSPS) is 11.2. The zero-order valence-corrected chi connectivity index (χ0v) is 14.0. The largest absolute Gasteiger partial charge is 0.301 e. The zero-order valence-electron chi connectivity index (χ0n) is 12.4. The molecular formula is C15H16N4OS2. The summed E-state index contributed by atoms with van der Waals surface area (Å²) in [7, 11) is 1.92. The average molecular weight is 332 g/mol. The summed E-state index contributed by atoms with van der Waals surface area (Å²) >= 11 is 3.11. The molecule has 22 heavy (non-hydrogen) atoms. The van der Waals surface area contributed by atoms with E-state index in [2.05, 4.69) is 21.4 Å². The first-order chi connectivity index (χ1) is 10.6. The first-order valence-electron chi connectivity index (χ1n) is 6.85. The molecule has 114 valence electrons. The van der Waals surface area contributed by atoms with Crippen molar-refractivity contribution < 1.29 is 4.79 Å². The second-order valence-electron chi connectivity index (χ2n) is 5.09. The van der Waals surface area contributed by atoms with Gasteiger partial charge in [-0.1, -0.05) is 12.1 Å². The van der Waals surface area contributed by atoms with Crippen molar-refractivity contribution in [1.82, 2.24) is 14.9 Å². The summed E-state index contributed by atoms with van der Waals surface area (Å²) < 4.78 is 1.17. The van der Waals surface area contributed by atoms with Gasteiger partial charge in [0.15, 0.2) is 5.13 Å². The van der Waals surface area contributed by atoms with Crippen molar-refractivity contribution in [2.75, 3.05) is 18.9 Å². The van der Waals surface area contributed by atoms with E-state index in [1.54, 1.807) is 11.3 Å². The first kappa shape index (κ1) is 15.1. The predicted molar refractivity (Wildman–Crippen MR) is 91.4 cm³/mol. The zero-order chi connectivity index (χ0) is 15.5. The van der Waals surface area contributed by atoms with Crippen LogP contribution in [0, 0.1) is 6.92 Å². The van der Waals surface area contributed by atoms with Gasteiger partial charge in [0.2, 0.25) is 5.91 Å². The molecule has 5 nitrogen and oxygen atoms in total. The van der Waals surface area contributed by atoms with Gasteiger partial charge in [-0.05, 0) is 26.1 Å². The van der Waals surface area contributed by atoms with Gasteiger partial charge in [-0.25, -0.2) is 9.97 Å². The van der Waals surface area contributed by atoms with Crippen LogP contribution in [0.1, 0.15) is 10.7 Å². The summed E-state index contributed by atoms with van der Waals surface area (Å²) in [6, 6.07) is 8.07. The van der Waals surface area contributed by atoms with E-state index in [9.17, 15) is 4.79 Å². The molecule has 7 heteroatoms. The molecule has 3 rings (SSSR count). The maximum Gasteiger partial charge on any atom is 0.240 e. The standard InChI is InChI=1S/C15H16N4OS2/c1-10-9-21-15(16-10)18-13(20)7-19(2)8-14-17-11-5-3-4-6-12(11)22-14/h3-6,9H,7-8H2,1-2H3,(H,16,18,20). The van der Waals surface area contributed by atoms with Crippen molar-refractivity contribution in [3.05, 3.63) is 40.3 Å². The Balaban J connectivity index is 1.57. The Morgan fingerprint density at radius 2 is 2.14 bits per heavy atom. The molecule has 0 saturated heterocycles. The quantitative estimate of drug-likeness (QED) is 0.780. The van der Waals surface area contributed by atoms with Gasteiger partial charge in [0, 0.05) is 5.38 Å². The number of nitrogens with zero attached hydrogens (tertiary/aromatic N) is 3. The van der Waals surface area contributed by atoms with E-state index in [0.717, 1.165) is 16.2 Å². The highest BCUT2D eigenvalue weighted by atomic mass is 32.1. The number of fused-ring (bicyclic) bond motifs is 1. The number of carbonyl (C=O) groups excluding carboxylic acids is 1. The lowest BCUT2D eigenvalue weighted by atomic mass is 10.3. The van der Waals surface area contributed by atoms with E-state index in [0.29, 0.717) is 18.2 Å². The molecule has 1 N–H and O–H groups in total. The highest BCUT2D eigenvalue weighted by molar-refractivity contribution is 7.18. The fraction of sp³-hybridized carbons (Fsp3) is 0.267. The van der Waals surface area contributed by atoms with Crippen LogP contribution in [0.15, 0.2) is 29.6 Å². The molecule has 0 atom stereocenters. The summed E-state index contributed by atoms with van der Waals surface area (Å²) in [6.07, 6.45) is 0. The first-order valence-corrected chi connectivity index (χ1v) is 8.55. The van der Waals surface area contributed by atoms with E-state index in [4.69, 9.17) is 0 Å². The summed E-state index contributed by atoms with van der Waals surface area (Å²) in [5.41, 5.74) is 1.93. The third-order valence-corrected chi connectivity index (χ3v) is 4.92. The van der Waals surface area contributed by atoms with E-state index in [1.807, 2.05) is 42.5 Å². The lowest BCUT2D eigenvalue weighted by molar-refractivity contribution is -0.117. The van der Waals surface area contributed by atoms with Crippen LogP contribution < -0.4 is 5.32 Å². The number of anilines is 1. The Kier molecular flexibility index (Phi) is 4.47. The van der Waals surface area contributed by atoms with Gasteiger partial charge in [0.25, 0.3) is 0 Å². The number of rotatable bonds is 5. The van der Waals surface area contributed by atoms with Gasteiger partial charge in [-0.3, -0.25) is 9.69 Å². The Labute approximate surface area is 136 Å². The minimum Gasteiger partial charge on any atom is -0.301 e. The van der Waals surface area contributed by atoms with E-state index in [-0.39, 0.29) is 5.91 Å². The SMILES string of the molecule is Cc1csc(NC(=O)CN(C)Cc2nc3ccccc3s2)n1. The van der Waals surface area contributed by atoms with Gasteiger partial charge in [-0.2, -0.15) is 0 Å². The summed E-state index contributed by atoms with van der Waals surface area (Å²) in [6.45, 7) is 2.88. The molecule has 2 heterocycles. The number of para-hydroxylation sites is 1. The number of benzene rings is 1. The summed E-state index contributed by atoms with van der Waals surface area (Å²) in [5, 5.41) is 6.40. The average Bonchev–Trinajstić information content (AvgIpc) is 3.03. The third-order valence-electron chi connectivity index (χ3n) is 3.02. The van der Waals surface area contributed by atoms with Gasteiger partial charge in [0.05, 0.1) is 29.0 Å². The van der Waals surface area contributed by atoms with Gasteiger partial charge >= 0.3 is 0 Å². The Hall–Kier alpha value is -1.83. The van der Waals surface area contributed by atoms with Crippen LogP contribution in [0.5, 0.6) is 0 Å². The lowest BCUT2D eigenvalue weighted by Crippen LogP contribution is -2.29. The van der Waals surface area contributed by atoms with E-state index >= 15 is 0 Å². The Morgan fingerprint density at radius 1 is 1.32 bits per heavy atom. The topological polar surface area (TPSA) is 58.1 Å². The molecule has 0 bridgehead atoms. The number of nitrogens with one attached hydrogen (secondary N) is 1. The number of aryl methyl sites for hydroxylation is 1. The van der Waals surface area contributed by atoms with Crippen LogP contribution in [-0.2, 0) is 11.3 Å². The fourth-order valence-corrected chi connectivity index (χ4v) is 3.84. The number of aromatic nitrogens is 2.